The first kappa shape index (κ1) is 24.1. The summed E-state index contributed by atoms with van der Waals surface area (Å²) in [5.74, 6) is -20.7. The number of hydrogen-bond acceptors (Lipinski definition) is 8. The molecular formula is C19H17F4O8-. The van der Waals surface area contributed by atoms with E-state index < -0.39 is 42.3 Å². The van der Waals surface area contributed by atoms with Gasteiger partial charge in [-0.2, -0.15) is 17.6 Å². The molecule has 1 aliphatic carbocycles. The van der Waals surface area contributed by atoms with E-state index in [9.17, 15) is 41.8 Å². The van der Waals surface area contributed by atoms with Gasteiger partial charge in [-0.1, -0.05) is 18.6 Å². The molecule has 1 aliphatic rings. The van der Waals surface area contributed by atoms with Crippen LogP contribution in [-0.2, 0) is 23.9 Å². The van der Waals surface area contributed by atoms with Crippen LogP contribution in [0.15, 0.2) is 24.3 Å². The molecule has 1 saturated carbocycles. The molecule has 2 rings (SSSR count). The molecule has 0 unspecified atom stereocenters. The number of ether oxygens (including phenoxy) is 3. The van der Waals surface area contributed by atoms with Crippen LogP contribution in [-0.4, -0.2) is 48.4 Å². The van der Waals surface area contributed by atoms with E-state index in [0.717, 1.165) is 19.3 Å². The Morgan fingerprint density at radius 3 is 2.19 bits per heavy atom. The number of carboxylic acid groups (broad SMARTS) is 1. The molecule has 0 aromatic heterocycles. The number of carbonyl (C=O) groups is 4. The lowest BCUT2D eigenvalue weighted by Crippen LogP contribution is -2.58. The molecule has 1 aromatic rings. The van der Waals surface area contributed by atoms with E-state index in [1.54, 1.807) is 0 Å². The molecule has 0 heterocycles. The molecular weight excluding hydrogens is 432 g/mol. The fourth-order valence-corrected chi connectivity index (χ4v) is 2.75. The summed E-state index contributed by atoms with van der Waals surface area (Å²) in [5, 5.41) is 10.1. The van der Waals surface area contributed by atoms with Crippen LogP contribution in [0, 0.1) is 0 Å². The number of benzene rings is 1. The lowest BCUT2D eigenvalue weighted by Gasteiger charge is -2.24. The molecule has 0 aliphatic heterocycles. The summed E-state index contributed by atoms with van der Waals surface area (Å²) in [6.07, 6.45) is 3.85. The van der Waals surface area contributed by atoms with Crippen molar-refractivity contribution in [3.8, 4) is 5.75 Å². The number of hydrogen-bond donors (Lipinski definition) is 0. The molecule has 0 N–H and O–H groups in total. The van der Waals surface area contributed by atoms with E-state index in [1.807, 2.05) is 0 Å². The van der Waals surface area contributed by atoms with Gasteiger partial charge in [0, 0.05) is 0 Å². The van der Waals surface area contributed by atoms with E-state index >= 15 is 0 Å². The van der Waals surface area contributed by atoms with E-state index in [2.05, 4.69) is 4.74 Å². The van der Waals surface area contributed by atoms with Gasteiger partial charge in [0.1, 0.15) is 23.4 Å². The third-order valence-electron chi connectivity index (χ3n) is 4.38. The number of aliphatic carboxylic acids is 1. The fourth-order valence-electron chi connectivity index (χ4n) is 2.75. The highest BCUT2D eigenvalue weighted by Gasteiger charge is 2.64. The van der Waals surface area contributed by atoms with Crippen molar-refractivity contribution in [1.29, 1.82) is 0 Å². The van der Waals surface area contributed by atoms with Gasteiger partial charge in [0.2, 0.25) is 0 Å². The van der Waals surface area contributed by atoms with Crippen molar-refractivity contribution < 1.29 is 56.1 Å². The van der Waals surface area contributed by atoms with Gasteiger partial charge in [0.15, 0.2) is 6.61 Å². The summed E-state index contributed by atoms with van der Waals surface area (Å²) in [5.41, 5.74) is -0.165. The number of halogens is 4. The predicted octanol–water partition coefficient (Wildman–Crippen LogP) is 1.65. The van der Waals surface area contributed by atoms with Crippen molar-refractivity contribution in [2.24, 2.45) is 0 Å². The van der Waals surface area contributed by atoms with Crippen molar-refractivity contribution in [3.05, 3.63) is 29.8 Å². The number of alkyl halides is 4. The summed E-state index contributed by atoms with van der Waals surface area (Å²) in [6, 6.07) is 5.27. The Bertz CT molecular complexity index is 849. The Kier molecular flexibility index (Phi) is 7.58. The summed E-state index contributed by atoms with van der Waals surface area (Å²) in [7, 11) is 0. The third-order valence-corrected chi connectivity index (χ3v) is 4.38. The van der Waals surface area contributed by atoms with Gasteiger partial charge >= 0.3 is 29.8 Å². The van der Waals surface area contributed by atoms with Crippen molar-refractivity contribution in [1.82, 2.24) is 0 Å². The Morgan fingerprint density at radius 1 is 0.968 bits per heavy atom. The predicted molar refractivity (Wildman–Crippen MR) is 90.2 cm³/mol. The SMILES string of the molecule is O=C(COC(=O)C(F)(F)C(F)(F)C(=O)[O-])Oc1ccccc1C(=O)OC1CCCCC1. The van der Waals surface area contributed by atoms with Crippen LogP contribution in [0.5, 0.6) is 5.75 Å². The van der Waals surface area contributed by atoms with Gasteiger partial charge in [-0.15, -0.1) is 0 Å². The molecule has 0 spiro atoms. The highest BCUT2D eigenvalue weighted by Crippen LogP contribution is 2.35. The first-order valence-corrected chi connectivity index (χ1v) is 9.11. The lowest BCUT2D eigenvalue weighted by atomic mass is 9.98. The second kappa shape index (κ2) is 9.75. The highest BCUT2D eigenvalue weighted by atomic mass is 19.3. The standard InChI is InChI=1S/C19H18F4O8/c20-18(21,16(26)27)19(22,23)17(28)29-10-14(24)31-13-9-5-4-8-12(13)15(25)30-11-6-2-1-3-7-11/h4-5,8-9,11H,1-3,6-7,10H2,(H,26,27)/p-1. The molecule has 0 saturated heterocycles. The van der Waals surface area contributed by atoms with E-state index in [-0.39, 0.29) is 17.4 Å². The van der Waals surface area contributed by atoms with Gasteiger partial charge in [-0.05, 0) is 37.8 Å². The Balaban J connectivity index is 1.99. The summed E-state index contributed by atoms with van der Waals surface area (Å²) in [6.45, 7) is -1.55. The molecule has 31 heavy (non-hydrogen) atoms. The summed E-state index contributed by atoms with van der Waals surface area (Å²) < 4.78 is 66.2. The van der Waals surface area contributed by atoms with E-state index in [4.69, 9.17) is 9.47 Å². The minimum absolute atomic E-state index is 0.165. The normalized spacial score (nSPS) is 15.1. The zero-order valence-corrected chi connectivity index (χ0v) is 15.9. The van der Waals surface area contributed by atoms with Gasteiger partial charge in [-0.25, -0.2) is 14.4 Å². The number of carboxylic acids is 1. The average Bonchev–Trinajstić information content (AvgIpc) is 2.72. The second-order valence-electron chi connectivity index (χ2n) is 6.65. The molecule has 8 nitrogen and oxygen atoms in total. The minimum atomic E-state index is -5.86. The van der Waals surface area contributed by atoms with Crippen LogP contribution in [0.1, 0.15) is 42.5 Å². The Hall–Kier alpha value is -3.18. The number of carbonyl (C=O) groups excluding carboxylic acids is 4. The first-order valence-electron chi connectivity index (χ1n) is 9.11. The van der Waals surface area contributed by atoms with Crippen LogP contribution in [0.2, 0.25) is 0 Å². The molecule has 0 radical (unpaired) electrons. The third kappa shape index (κ3) is 5.70. The Morgan fingerprint density at radius 2 is 1.58 bits per heavy atom. The number of rotatable bonds is 8. The molecule has 0 amide bonds. The van der Waals surface area contributed by atoms with Crippen LogP contribution in [0.3, 0.4) is 0 Å². The quantitative estimate of drug-likeness (QED) is 0.334. The first-order chi connectivity index (χ1) is 14.5. The monoisotopic (exact) mass is 449 g/mol. The van der Waals surface area contributed by atoms with Gasteiger partial charge in [-0.3, -0.25) is 0 Å². The molecule has 12 heteroatoms. The van der Waals surface area contributed by atoms with Crippen LogP contribution < -0.4 is 9.84 Å². The van der Waals surface area contributed by atoms with Gasteiger partial charge in [0.25, 0.3) is 0 Å². The average molecular weight is 449 g/mol. The second-order valence-corrected chi connectivity index (χ2v) is 6.65. The maximum Gasteiger partial charge on any atom is 0.410 e. The molecule has 1 aromatic carbocycles. The maximum absolute atomic E-state index is 13.3. The molecule has 1 fully saturated rings. The topological polar surface area (TPSA) is 119 Å². The van der Waals surface area contributed by atoms with Crippen molar-refractivity contribution >= 4 is 23.9 Å². The summed E-state index contributed by atoms with van der Waals surface area (Å²) >= 11 is 0. The smallest absolute Gasteiger partial charge is 0.410 e. The minimum Gasteiger partial charge on any atom is -0.544 e. The van der Waals surface area contributed by atoms with Crippen molar-refractivity contribution in [2.45, 2.75) is 50.1 Å². The number of esters is 3. The lowest BCUT2D eigenvalue weighted by molar-refractivity contribution is -0.346. The molecule has 170 valence electrons. The largest absolute Gasteiger partial charge is 0.544 e. The van der Waals surface area contributed by atoms with Gasteiger partial charge < -0.3 is 24.1 Å². The fraction of sp³-hybridized carbons (Fsp3) is 0.474. The van der Waals surface area contributed by atoms with Crippen molar-refractivity contribution in [3.63, 3.8) is 0 Å². The summed E-state index contributed by atoms with van der Waals surface area (Å²) in [4.78, 5) is 45.4. The number of para-hydroxylation sites is 1. The highest BCUT2D eigenvalue weighted by molar-refractivity contribution is 5.94. The van der Waals surface area contributed by atoms with Gasteiger partial charge in [0.05, 0.1) is 0 Å². The van der Waals surface area contributed by atoms with E-state index in [0.29, 0.717) is 12.8 Å². The van der Waals surface area contributed by atoms with Crippen LogP contribution >= 0.6 is 0 Å². The maximum atomic E-state index is 13.3. The molecule has 0 bridgehead atoms. The molecule has 0 atom stereocenters. The zero-order chi connectivity index (χ0) is 23.2. The van der Waals surface area contributed by atoms with E-state index in [1.165, 1.54) is 24.3 Å². The van der Waals surface area contributed by atoms with Crippen LogP contribution in [0.25, 0.3) is 0 Å². The Labute approximate surface area is 173 Å². The van der Waals surface area contributed by atoms with Crippen LogP contribution in [0.4, 0.5) is 17.6 Å². The van der Waals surface area contributed by atoms with Crippen molar-refractivity contribution in [2.75, 3.05) is 6.61 Å². The zero-order valence-electron chi connectivity index (χ0n) is 15.9.